The molecule has 2 unspecified atom stereocenters. The van der Waals surface area contributed by atoms with Gasteiger partial charge >= 0.3 is 0 Å². The zero-order valence-electron chi connectivity index (χ0n) is 10.8. The molecular formula is C14H21NO2. The van der Waals surface area contributed by atoms with Crippen molar-refractivity contribution in [1.29, 1.82) is 0 Å². The number of methoxy groups -OCH3 is 2. The van der Waals surface area contributed by atoms with Gasteiger partial charge in [0.15, 0.2) is 11.5 Å². The second-order valence-electron chi connectivity index (χ2n) is 4.80. The lowest BCUT2D eigenvalue weighted by Gasteiger charge is -2.12. The quantitative estimate of drug-likeness (QED) is 0.868. The van der Waals surface area contributed by atoms with Gasteiger partial charge in [-0.15, -0.1) is 0 Å². The van der Waals surface area contributed by atoms with Crippen molar-refractivity contribution in [2.24, 2.45) is 5.92 Å². The van der Waals surface area contributed by atoms with Crippen LogP contribution in [-0.2, 0) is 6.42 Å². The minimum absolute atomic E-state index is 0.653. The highest BCUT2D eigenvalue weighted by atomic mass is 16.5. The average Bonchev–Trinajstić information content (AvgIpc) is 2.74. The lowest BCUT2D eigenvalue weighted by Crippen LogP contribution is -2.17. The van der Waals surface area contributed by atoms with Crippen LogP contribution in [-0.4, -0.2) is 26.8 Å². The third-order valence-corrected chi connectivity index (χ3v) is 3.41. The molecule has 3 heteroatoms. The Kier molecular flexibility index (Phi) is 3.89. The molecule has 2 atom stereocenters. The second-order valence-corrected chi connectivity index (χ2v) is 4.80. The van der Waals surface area contributed by atoms with Crippen LogP contribution in [0.4, 0.5) is 0 Å². The van der Waals surface area contributed by atoms with Crippen molar-refractivity contribution in [2.45, 2.75) is 25.8 Å². The van der Waals surface area contributed by atoms with E-state index in [1.807, 2.05) is 6.07 Å². The summed E-state index contributed by atoms with van der Waals surface area (Å²) in [6.45, 7) is 3.37. The summed E-state index contributed by atoms with van der Waals surface area (Å²) in [6, 6.07) is 6.85. The fourth-order valence-corrected chi connectivity index (χ4v) is 2.53. The highest BCUT2D eigenvalue weighted by molar-refractivity contribution is 5.43. The molecule has 0 radical (unpaired) electrons. The molecule has 1 N–H and O–H groups in total. The van der Waals surface area contributed by atoms with Crippen LogP contribution >= 0.6 is 0 Å². The summed E-state index contributed by atoms with van der Waals surface area (Å²) in [5.41, 5.74) is 1.32. The van der Waals surface area contributed by atoms with Crippen molar-refractivity contribution in [1.82, 2.24) is 5.32 Å². The van der Waals surface area contributed by atoms with Gasteiger partial charge in [0.05, 0.1) is 14.2 Å². The largest absolute Gasteiger partial charge is 0.493 e. The molecule has 1 saturated heterocycles. The first-order chi connectivity index (χ1) is 8.22. The van der Waals surface area contributed by atoms with Crippen LogP contribution in [0.2, 0.25) is 0 Å². The molecule has 0 bridgehead atoms. The van der Waals surface area contributed by atoms with Crippen molar-refractivity contribution >= 4 is 0 Å². The molecule has 1 aromatic carbocycles. The van der Waals surface area contributed by atoms with E-state index in [-0.39, 0.29) is 0 Å². The Hall–Kier alpha value is -1.22. The fraction of sp³-hybridized carbons (Fsp3) is 0.571. The van der Waals surface area contributed by atoms with Crippen LogP contribution in [0.15, 0.2) is 18.2 Å². The van der Waals surface area contributed by atoms with Gasteiger partial charge in [0, 0.05) is 6.04 Å². The van der Waals surface area contributed by atoms with E-state index >= 15 is 0 Å². The van der Waals surface area contributed by atoms with Gasteiger partial charge in [0.2, 0.25) is 0 Å². The van der Waals surface area contributed by atoms with E-state index in [4.69, 9.17) is 9.47 Å². The molecule has 94 valence electrons. The molecule has 0 saturated carbocycles. The van der Waals surface area contributed by atoms with E-state index in [0.717, 1.165) is 30.4 Å². The Labute approximate surface area is 103 Å². The number of hydrogen-bond donors (Lipinski definition) is 1. The third-order valence-electron chi connectivity index (χ3n) is 3.41. The monoisotopic (exact) mass is 235 g/mol. The van der Waals surface area contributed by atoms with Crippen LogP contribution in [0.5, 0.6) is 11.5 Å². The number of ether oxygens (including phenoxy) is 2. The van der Waals surface area contributed by atoms with E-state index in [0.29, 0.717) is 6.04 Å². The minimum Gasteiger partial charge on any atom is -0.493 e. The Balaban J connectivity index is 2.06. The summed E-state index contributed by atoms with van der Waals surface area (Å²) in [7, 11) is 3.35. The Morgan fingerprint density at radius 1 is 1.24 bits per heavy atom. The molecule has 3 nitrogen and oxygen atoms in total. The van der Waals surface area contributed by atoms with E-state index in [9.17, 15) is 0 Å². The Morgan fingerprint density at radius 3 is 2.59 bits per heavy atom. The smallest absolute Gasteiger partial charge is 0.160 e. The first kappa shape index (κ1) is 12.2. The number of benzene rings is 1. The van der Waals surface area contributed by atoms with Gasteiger partial charge in [0.1, 0.15) is 0 Å². The highest BCUT2D eigenvalue weighted by Gasteiger charge is 2.21. The molecule has 1 aromatic rings. The summed E-state index contributed by atoms with van der Waals surface area (Å²) >= 11 is 0. The summed E-state index contributed by atoms with van der Waals surface area (Å²) in [5.74, 6) is 2.36. The van der Waals surface area contributed by atoms with Gasteiger partial charge in [-0.2, -0.15) is 0 Å². The maximum absolute atomic E-state index is 5.32. The predicted octanol–water partition coefficient (Wildman–Crippen LogP) is 2.24. The van der Waals surface area contributed by atoms with Crippen LogP contribution in [0.3, 0.4) is 0 Å². The maximum atomic E-state index is 5.32. The molecule has 1 aliphatic rings. The lowest BCUT2D eigenvalue weighted by atomic mass is 9.97. The molecule has 0 spiro atoms. The van der Waals surface area contributed by atoms with Gasteiger partial charge in [-0.3, -0.25) is 0 Å². The first-order valence-corrected chi connectivity index (χ1v) is 6.17. The first-order valence-electron chi connectivity index (χ1n) is 6.17. The molecule has 1 heterocycles. The summed E-state index contributed by atoms with van der Waals surface area (Å²) in [4.78, 5) is 0. The molecule has 0 amide bonds. The number of hydrogen-bond acceptors (Lipinski definition) is 3. The van der Waals surface area contributed by atoms with Gasteiger partial charge in [-0.25, -0.2) is 0 Å². The molecule has 2 rings (SSSR count). The van der Waals surface area contributed by atoms with E-state index < -0.39 is 0 Å². The van der Waals surface area contributed by atoms with Crippen molar-refractivity contribution < 1.29 is 9.47 Å². The van der Waals surface area contributed by atoms with E-state index in [1.165, 1.54) is 12.0 Å². The fourth-order valence-electron chi connectivity index (χ4n) is 2.53. The summed E-state index contributed by atoms with van der Waals surface area (Å²) < 4.78 is 10.6. The zero-order chi connectivity index (χ0) is 12.3. The molecule has 1 aliphatic heterocycles. The van der Waals surface area contributed by atoms with Crippen LogP contribution < -0.4 is 14.8 Å². The highest BCUT2D eigenvalue weighted by Crippen LogP contribution is 2.29. The average molecular weight is 235 g/mol. The number of nitrogens with one attached hydrogen (secondary N) is 1. The minimum atomic E-state index is 0.653. The van der Waals surface area contributed by atoms with Crippen molar-refractivity contribution in [3.8, 4) is 11.5 Å². The summed E-state index contributed by atoms with van der Waals surface area (Å²) in [5, 5.41) is 3.49. The predicted molar refractivity (Wildman–Crippen MR) is 68.8 cm³/mol. The van der Waals surface area contributed by atoms with Crippen LogP contribution in [0.25, 0.3) is 0 Å². The van der Waals surface area contributed by atoms with Gasteiger partial charge in [0.25, 0.3) is 0 Å². The van der Waals surface area contributed by atoms with E-state index in [2.05, 4.69) is 24.4 Å². The van der Waals surface area contributed by atoms with Crippen LogP contribution in [0.1, 0.15) is 18.9 Å². The van der Waals surface area contributed by atoms with Gasteiger partial charge in [-0.05, 0) is 49.9 Å². The van der Waals surface area contributed by atoms with Crippen molar-refractivity contribution in [2.75, 3.05) is 20.8 Å². The topological polar surface area (TPSA) is 30.5 Å². The maximum Gasteiger partial charge on any atom is 0.160 e. The lowest BCUT2D eigenvalue weighted by molar-refractivity contribution is 0.354. The standard InChI is InChI=1S/C14H21NO2/c1-10-6-12(9-15-10)7-11-4-5-13(16-2)14(8-11)17-3/h4-5,8,10,12,15H,6-7,9H2,1-3H3. The SMILES string of the molecule is COc1ccc(CC2CNC(C)C2)cc1OC. The summed E-state index contributed by atoms with van der Waals surface area (Å²) in [6.07, 6.45) is 2.37. The second kappa shape index (κ2) is 5.41. The normalized spacial score (nSPS) is 23.7. The molecule has 17 heavy (non-hydrogen) atoms. The molecule has 1 fully saturated rings. The number of rotatable bonds is 4. The Morgan fingerprint density at radius 2 is 2.00 bits per heavy atom. The van der Waals surface area contributed by atoms with Gasteiger partial charge < -0.3 is 14.8 Å². The third kappa shape index (κ3) is 2.91. The van der Waals surface area contributed by atoms with Gasteiger partial charge in [-0.1, -0.05) is 6.07 Å². The van der Waals surface area contributed by atoms with Crippen LogP contribution in [0, 0.1) is 5.92 Å². The molecule has 0 aromatic heterocycles. The van der Waals surface area contributed by atoms with Crippen molar-refractivity contribution in [3.63, 3.8) is 0 Å². The van der Waals surface area contributed by atoms with Crippen molar-refractivity contribution in [3.05, 3.63) is 23.8 Å². The van der Waals surface area contributed by atoms with E-state index in [1.54, 1.807) is 14.2 Å². The Bertz CT molecular complexity index is 378. The molecule has 0 aliphatic carbocycles. The zero-order valence-corrected chi connectivity index (χ0v) is 10.8. The molecular weight excluding hydrogens is 214 g/mol.